The second kappa shape index (κ2) is 4.94. The summed E-state index contributed by atoms with van der Waals surface area (Å²) >= 11 is 0. The Bertz CT molecular complexity index is 691. The lowest BCUT2D eigenvalue weighted by atomic mass is 10.2. The standard InChI is InChI=1S/C14H17N3O2S/c1-17(20(2)19)11-5-6-12-9(7-11)8-13(16-12)14(18)15-10-3-4-10/h5-8,10,16H,3-4H2,1-2H3,(H,15,18). The highest BCUT2D eigenvalue weighted by molar-refractivity contribution is 7.85. The maximum absolute atomic E-state index is 12.0. The number of nitrogens with zero attached hydrogens (tertiary/aromatic N) is 1. The molecule has 1 aromatic heterocycles. The van der Waals surface area contributed by atoms with Gasteiger partial charge in [-0.2, -0.15) is 0 Å². The number of amides is 1. The van der Waals surface area contributed by atoms with Gasteiger partial charge in [0.15, 0.2) is 0 Å². The molecule has 6 heteroatoms. The fourth-order valence-electron chi connectivity index (χ4n) is 2.08. The molecule has 20 heavy (non-hydrogen) atoms. The van der Waals surface area contributed by atoms with Gasteiger partial charge in [0.2, 0.25) is 0 Å². The minimum Gasteiger partial charge on any atom is -0.351 e. The number of fused-ring (bicyclic) bond motifs is 1. The number of hydrogen-bond acceptors (Lipinski definition) is 2. The summed E-state index contributed by atoms with van der Waals surface area (Å²) in [6.07, 6.45) is 3.78. The molecule has 1 atom stereocenters. The van der Waals surface area contributed by atoms with Crippen molar-refractivity contribution >= 4 is 33.5 Å². The Labute approximate surface area is 119 Å². The third kappa shape index (κ3) is 2.56. The molecule has 1 fully saturated rings. The van der Waals surface area contributed by atoms with Crippen molar-refractivity contribution in [3.8, 4) is 0 Å². The highest BCUT2D eigenvalue weighted by atomic mass is 32.2. The number of carbonyl (C=O) groups excluding carboxylic acids is 1. The van der Waals surface area contributed by atoms with E-state index in [-0.39, 0.29) is 5.91 Å². The van der Waals surface area contributed by atoms with Crippen LogP contribution in [0.25, 0.3) is 10.9 Å². The molecule has 5 nitrogen and oxygen atoms in total. The van der Waals surface area contributed by atoms with E-state index >= 15 is 0 Å². The van der Waals surface area contributed by atoms with Crippen LogP contribution in [-0.2, 0) is 11.0 Å². The van der Waals surface area contributed by atoms with Crippen molar-refractivity contribution < 1.29 is 9.00 Å². The summed E-state index contributed by atoms with van der Waals surface area (Å²) in [7, 11) is 0.721. The summed E-state index contributed by atoms with van der Waals surface area (Å²) in [5, 5.41) is 3.90. The number of benzene rings is 1. The molecular weight excluding hydrogens is 274 g/mol. The van der Waals surface area contributed by atoms with Gasteiger partial charge in [0.1, 0.15) is 16.7 Å². The zero-order valence-electron chi connectivity index (χ0n) is 11.5. The first kappa shape index (κ1) is 13.2. The van der Waals surface area contributed by atoms with Crippen molar-refractivity contribution in [2.24, 2.45) is 0 Å². The number of aromatic amines is 1. The Balaban J connectivity index is 1.90. The number of aromatic nitrogens is 1. The number of rotatable bonds is 4. The average Bonchev–Trinajstić information content (AvgIpc) is 3.12. The van der Waals surface area contributed by atoms with E-state index in [0.29, 0.717) is 11.7 Å². The summed E-state index contributed by atoms with van der Waals surface area (Å²) in [4.78, 5) is 15.1. The van der Waals surface area contributed by atoms with Crippen LogP contribution in [0, 0.1) is 0 Å². The van der Waals surface area contributed by atoms with Crippen LogP contribution in [0.2, 0.25) is 0 Å². The number of anilines is 1. The second-order valence-electron chi connectivity index (χ2n) is 5.12. The predicted molar refractivity (Wildman–Crippen MR) is 81.3 cm³/mol. The van der Waals surface area contributed by atoms with E-state index in [0.717, 1.165) is 29.4 Å². The first-order valence-corrected chi connectivity index (χ1v) is 8.07. The first-order valence-electron chi connectivity index (χ1n) is 6.55. The largest absolute Gasteiger partial charge is 0.351 e. The molecule has 1 heterocycles. The van der Waals surface area contributed by atoms with E-state index in [1.165, 1.54) is 0 Å². The maximum atomic E-state index is 12.0. The van der Waals surface area contributed by atoms with E-state index in [2.05, 4.69) is 10.3 Å². The van der Waals surface area contributed by atoms with Crippen molar-refractivity contribution in [2.45, 2.75) is 18.9 Å². The third-order valence-corrected chi connectivity index (χ3v) is 4.49. The summed E-state index contributed by atoms with van der Waals surface area (Å²) in [5.74, 6) is -0.0577. The number of H-pyrrole nitrogens is 1. The molecule has 0 radical (unpaired) electrons. The van der Waals surface area contributed by atoms with Crippen LogP contribution in [0.4, 0.5) is 5.69 Å². The molecule has 0 spiro atoms. The molecule has 1 aliphatic carbocycles. The van der Waals surface area contributed by atoms with Crippen molar-refractivity contribution in [2.75, 3.05) is 17.6 Å². The van der Waals surface area contributed by atoms with Crippen molar-refractivity contribution in [3.63, 3.8) is 0 Å². The van der Waals surface area contributed by atoms with Crippen LogP contribution in [0.15, 0.2) is 24.3 Å². The van der Waals surface area contributed by atoms with Gasteiger partial charge in [-0.05, 0) is 37.1 Å². The Morgan fingerprint density at radius 3 is 2.80 bits per heavy atom. The van der Waals surface area contributed by atoms with Crippen molar-refractivity contribution in [1.82, 2.24) is 10.3 Å². The van der Waals surface area contributed by atoms with Crippen molar-refractivity contribution in [1.29, 1.82) is 0 Å². The third-order valence-electron chi connectivity index (χ3n) is 3.51. The van der Waals surface area contributed by atoms with Gasteiger partial charge in [-0.25, -0.2) is 4.21 Å². The zero-order valence-corrected chi connectivity index (χ0v) is 12.3. The summed E-state index contributed by atoms with van der Waals surface area (Å²) in [6.45, 7) is 0. The molecule has 106 valence electrons. The molecule has 1 saturated carbocycles. The smallest absolute Gasteiger partial charge is 0.267 e. The average molecular weight is 291 g/mol. The summed E-state index contributed by atoms with van der Waals surface area (Å²) in [6, 6.07) is 7.91. The second-order valence-corrected chi connectivity index (χ2v) is 6.52. The Kier molecular flexibility index (Phi) is 3.25. The van der Waals surface area contributed by atoms with Gasteiger partial charge >= 0.3 is 0 Å². The Hall–Kier alpha value is -1.82. The fourth-order valence-corrected chi connectivity index (χ4v) is 2.49. The van der Waals surface area contributed by atoms with Crippen LogP contribution in [0.1, 0.15) is 23.3 Å². The number of hydrogen-bond donors (Lipinski definition) is 2. The minimum atomic E-state index is -1.06. The van der Waals surface area contributed by atoms with Crippen LogP contribution in [0.3, 0.4) is 0 Å². The van der Waals surface area contributed by atoms with E-state index < -0.39 is 11.0 Å². The summed E-state index contributed by atoms with van der Waals surface area (Å²) in [5.41, 5.74) is 2.35. The Morgan fingerprint density at radius 2 is 2.15 bits per heavy atom. The fraction of sp³-hybridized carbons (Fsp3) is 0.357. The first-order chi connectivity index (χ1) is 9.54. The van der Waals surface area contributed by atoms with Gasteiger partial charge < -0.3 is 10.3 Å². The lowest BCUT2D eigenvalue weighted by Crippen LogP contribution is -2.25. The van der Waals surface area contributed by atoms with Gasteiger partial charge in [-0.15, -0.1) is 0 Å². The maximum Gasteiger partial charge on any atom is 0.267 e. The van der Waals surface area contributed by atoms with Crippen molar-refractivity contribution in [3.05, 3.63) is 30.0 Å². The zero-order chi connectivity index (χ0) is 14.3. The monoisotopic (exact) mass is 291 g/mol. The molecule has 1 aromatic carbocycles. The van der Waals surface area contributed by atoms with E-state index in [1.807, 2.05) is 24.3 Å². The molecule has 1 amide bonds. The number of nitrogens with one attached hydrogen (secondary N) is 2. The molecule has 0 aliphatic heterocycles. The Morgan fingerprint density at radius 1 is 1.40 bits per heavy atom. The van der Waals surface area contributed by atoms with Crippen LogP contribution in [-0.4, -0.2) is 34.4 Å². The van der Waals surface area contributed by atoms with Gasteiger partial charge in [0, 0.05) is 35.9 Å². The molecule has 0 saturated heterocycles. The highest BCUT2D eigenvalue weighted by Gasteiger charge is 2.24. The molecule has 3 rings (SSSR count). The topological polar surface area (TPSA) is 65.2 Å². The van der Waals surface area contributed by atoms with Crippen LogP contribution < -0.4 is 9.62 Å². The normalized spacial score (nSPS) is 16.1. The van der Waals surface area contributed by atoms with Crippen LogP contribution >= 0.6 is 0 Å². The molecule has 2 aromatic rings. The molecule has 1 aliphatic rings. The van der Waals surface area contributed by atoms with E-state index in [9.17, 15) is 9.00 Å². The minimum absolute atomic E-state index is 0.0577. The molecular formula is C14H17N3O2S. The van der Waals surface area contributed by atoms with Gasteiger partial charge in [0.25, 0.3) is 5.91 Å². The van der Waals surface area contributed by atoms with Gasteiger partial charge in [-0.1, -0.05) is 0 Å². The quantitative estimate of drug-likeness (QED) is 0.902. The molecule has 0 bridgehead atoms. The number of carbonyl (C=O) groups is 1. The lowest BCUT2D eigenvalue weighted by molar-refractivity contribution is 0.0947. The van der Waals surface area contributed by atoms with Gasteiger partial charge in [0.05, 0.1) is 0 Å². The van der Waals surface area contributed by atoms with Gasteiger partial charge in [-0.3, -0.25) is 9.10 Å². The molecule has 2 N–H and O–H groups in total. The van der Waals surface area contributed by atoms with E-state index in [1.54, 1.807) is 17.6 Å². The lowest BCUT2D eigenvalue weighted by Gasteiger charge is -2.15. The van der Waals surface area contributed by atoms with Crippen LogP contribution in [0.5, 0.6) is 0 Å². The predicted octanol–water partition coefficient (Wildman–Crippen LogP) is 1.79. The summed E-state index contributed by atoms with van der Waals surface area (Å²) < 4.78 is 13.2. The SMILES string of the molecule is CN(c1ccc2[nH]c(C(=O)NC3CC3)cc2c1)S(C)=O. The molecule has 1 unspecified atom stereocenters. The van der Waals surface area contributed by atoms with E-state index in [4.69, 9.17) is 0 Å². The highest BCUT2D eigenvalue weighted by Crippen LogP contribution is 2.24.